The zero-order valence-corrected chi connectivity index (χ0v) is 13.8. The van der Waals surface area contributed by atoms with Crippen molar-refractivity contribution in [2.24, 2.45) is 10.8 Å². The first kappa shape index (κ1) is 15.9. The number of carbonyl (C=O) groups is 1. The molecule has 0 unspecified atom stereocenters. The summed E-state index contributed by atoms with van der Waals surface area (Å²) in [5.41, 5.74) is 2.39. The van der Waals surface area contributed by atoms with Gasteiger partial charge in [-0.3, -0.25) is 0 Å². The standard InChI is InChI=1S/C18H27NO2/c1-17(2)10-15(11-18(3,4)12-17)19-14-8-6-13(7-9-14)16(20)21-5/h6-9,15,19H,10-12H2,1-5H3. The Balaban J connectivity index is 2.06. The lowest BCUT2D eigenvalue weighted by atomic mass is 9.63. The van der Waals surface area contributed by atoms with Crippen molar-refractivity contribution in [3.8, 4) is 0 Å². The molecule has 2 rings (SSSR count). The van der Waals surface area contributed by atoms with E-state index < -0.39 is 0 Å². The van der Waals surface area contributed by atoms with Crippen molar-refractivity contribution in [1.82, 2.24) is 0 Å². The monoisotopic (exact) mass is 289 g/mol. The molecule has 0 heterocycles. The molecule has 0 bridgehead atoms. The molecule has 3 nitrogen and oxygen atoms in total. The van der Waals surface area contributed by atoms with E-state index in [0.717, 1.165) is 5.69 Å². The Kier molecular flexibility index (Phi) is 4.31. The molecule has 0 spiro atoms. The Hall–Kier alpha value is -1.51. The third kappa shape index (κ3) is 4.23. The molecular formula is C18H27NO2. The van der Waals surface area contributed by atoms with Crippen molar-refractivity contribution in [1.29, 1.82) is 0 Å². The molecule has 116 valence electrons. The second-order valence-electron chi connectivity index (χ2n) is 7.82. The number of hydrogen-bond acceptors (Lipinski definition) is 3. The first-order valence-corrected chi connectivity index (χ1v) is 7.66. The van der Waals surface area contributed by atoms with Crippen LogP contribution in [0.5, 0.6) is 0 Å². The molecule has 1 N–H and O–H groups in total. The molecule has 0 saturated heterocycles. The van der Waals surface area contributed by atoms with Crippen molar-refractivity contribution in [2.45, 2.75) is 53.0 Å². The van der Waals surface area contributed by atoms with Crippen molar-refractivity contribution in [3.05, 3.63) is 29.8 Å². The summed E-state index contributed by atoms with van der Waals surface area (Å²) in [5.74, 6) is -0.290. The Bertz CT molecular complexity index is 486. The number of ether oxygens (including phenoxy) is 1. The van der Waals surface area contributed by atoms with Crippen LogP contribution in [0.3, 0.4) is 0 Å². The highest BCUT2D eigenvalue weighted by atomic mass is 16.5. The van der Waals surface area contributed by atoms with Crippen LogP contribution in [0, 0.1) is 10.8 Å². The van der Waals surface area contributed by atoms with Crippen molar-refractivity contribution >= 4 is 11.7 Å². The molecule has 1 aromatic rings. The van der Waals surface area contributed by atoms with Crippen LogP contribution in [0.15, 0.2) is 24.3 Å². The minimum absolute atomic E-state index is 0.290. The number of methoxy groups -OCH3 is 1. The lowest BCUT2D eigenvalue weighted by Crippen LogP contribution is -2.40. The van der Waals surface area contributed by atoms with E-state index in [1.807, 2.05) is 24.3 Å². The smallest absolute Gasteiger partial charge is 0.337 e. The molecule has 0 aromatic heterocycles. The van der Waals surface area contributed by atoms with Gasteiger partial charge in [-0.15, -0.1) is 0 Å². The van der Waals surface area contributed by atoms with Gasteiger partial charge < -0.3 is 10.1 Å². The Morgan fingerprint density at radius 3 is 2.10 bits per heavy atom. The molecular weight excluding hydrogens is 262 g/mol. The van der Waals surface area contributed by atoms with Gasteiger partial charge in [-0.05, 0) is 54.4 Å². The molecule has 21 heavy (non-hydrogen) atoms. The summed E-state index contributed by atoms with van der Waals surface area (Å²) in [5, 5.41) is 3.62. The lowest BCUT2D eigenvalue weighted by molar-refractivity contribution is 0.0600. The molecule has 1 fully saturated rings. The fourth-order valence-electron chi connectivity index (χ4n) is 4.00. The summed E-state index contributed by atoms with van der Waals surface area (Å²) in [6.45, 7) is 9.40. The summed E-state index contributed by atoms with van der Waals surface area (Å²) in [7, 11) is 1.40. The Morgan fingerprint density at radius 1 is 1.10 bits per heavy atom. The summed E-state index contributed by atoms with van der Waals surface area (Å²) in [4.78, 5) is 11.4. The van der Waals surface area contributed by atoms with E-state index in [2.05, 4.69) is 33.0 Å². The first-order valence-electron chi connectivity index (χ1n) is 7.66. The third-order valence-corrected chi connectivity index (χ3v) is 4.23. The average molecular weight is 289 g/mol. The largest absolute Gasteiger partial charge is 0.465 e. The summed E-state index contributed by atoms with van der Waals surface area (Å²) in [6.07, 6.45) is 3.61. The van der Waals surface area contributed by atoms with Crippen LogP contribution in [0.25, 0.3) is 0 Å². The summed E-state index contributed by atoms with van der Waals surface area (Å²) >= 11 is 0. The predicted molar refractivity (Wildman–Crippen MR) is 86.6 cm³/mol. The topological polar surface area (TPSA) is 38.3 Å². The number of nitrogens with one attached hydrogen (secondary N) is 1. The van der Waals surface area contributed by atoms with Gasteiger partial charge >= 0.3 is 5.97 Å². The van der Waals surface area contributed by atoms with Gasteiger partial charge in [0.15, 0.2) is 0 Å². The molecule has 1 aliphatic carbocycles. The van der Waals surface area contributed by atoms with E-state index in [0.29, 0.717) is 22.4 Å². The van der Waals surface area contributed by atoms with Gasteiger partial charge in [-0.2, -0.15) is 0 Å². The molecule has 3 heteroatoms. The summed E-state index contributed by atoms with van der Waals surface area (Å²) in [6, 6.07) is 8.02. The van der Waals surface area contributed by atoms with Crippen LogP contribution in [0.4, 0.5) is 5.69 Å². The second-order valence-corrected chi connectivity index (χ2v) is 7.82. The van der Waals surface area contributed by atoms with E-state index >= 15 is 0 Å². The molecule has 1 aliphatic rings. The highest BCUT2D eigenvalue weighted by molar-refractivity contribution is 5.89. The van der Waals surface area contributed by atoms with Crippen LogP contribution < -0.4 is 5.32 Å². The molecule has 1 saturated carbocycles. The van der Waals surface area contributed by atoms with Crippen LogP contribution >= 0.6 is 0 Å². The average Bonchev–Trinajstić information content (AvgIpc) is 2.35. The minimum atomic E-state index is -0.290. The predicted octanol–water partition coefficient (Wildman–Crippen LogP) is 4.49. The van der Waals surface area contributed by atoms with Crippen molar-refractivity contribution < 1.29 is 9.53 Å². The van der Waals surface area contributed by atoms with E-state index in [9.17, 15) is 4.79 Å². The first-order chi connectivity index (χ1) is 9.71. The van der Waals surface area contributed by atoms with Gasteiger partial charge in [0.1, 0.15) is 0 Å². The number of anilines is 1. The van der Waals surface area contributed by atoms with Gasteiger partial charge in [0.2, 0.25) is 0 Å². The number of esters is 1. The van der Waals surface area contributed by atoms with Gasteiger partial charge in [0, 0.05) is 11.7 Å². The quantitative estimate of drug-likeness (QED) is 0.833. The van der Waals surface area contributed by atoms with Gasteiger partial charge in [-0.25, -0.2) is 4.79 Å². The number of carbonyl (C=O) groups excluding carboxylic acids is 1. The van der Waals surface area contributed by atoms with Crippen molar-refractivity contribution in [3.63, 3.8) is 0 Å². The maximum atomic E-state index is 11.4. The van der Waals surface area contributed by atoms with E-state index in [4.69, 9.17) is 4.74 Å². The number of benzene rings is 1. The maximum Gasteiger partial charge on any atom is 0.337 e. The third-order valence-electron chi connectivity index (χ3n) is 4.23. The molecule has 0 amide bonds. The fraction of sp³-hybridized carbons (Fsp3) is 0.611. The lowest BCUT2D eigenvalue weighted by Gasteiger charge is -2.45. The van der Waals surface area contributed by atoms with Crippen LogP contribution in [0.2, 0.25) is 0 Å². The molecule has 0 atom stereocenters. The zero-order chi connectivity index (χ0) is 15.7. The Morgan fingerprint density at radius 2 is 1.62 bits per heavy atom. The number of rotatable bonds is 3. The van der Waals surface area contributed by atoms with Crippen LogP contribution in [-0.2, 0) is 4.74 Å². The molecule has 1 aromatic carbocycles. The molecule has 0 aliphatic heterocycles. The highest BCUT2D eigenvalue weighted by Gasteiger charge is 2.38. The Labute approximate surface area is 128 Å². The SMILES string of the molecule is COC(=O)c1ccc(NC2CC(C)(C)CC(C)(C)C2)cc1. The summed E-state index contributed by atoms with van der Waals surface area (Å²) < 4.78 is 4.72. The van der Waals surface area contributed by atoms with E-state index in [1.165, 1.54) is 26.4 Å². The molecule has 0 radical (unpaired) electrons. The van der Waals surface area contributed by atoms with E-state index in [-0.39, 0.29) is 5.97 Å². The second kappa shape index (κ2) is 5.70. The fourth-order valence-corrected chi connectivity index (χ4v) is 4.00. The number of hydrogen-bond donors (Lipinski definition) is 1. The van der Waals surface area contributed by atoms with Crippen molar-refractivity contribution in [2.75, 3.05) is 12.4 Å². The van der Waals surface area contributed by atoms with Gasteiger partial charge in [0.05, 0.1) is 12.7 Å². The normalized spacial score (nSPS) is 20.8. The van der Waals surface area contributed by atoms with Gasteiger partial charge in [0.25, 0.3) is 0 Å². The van der Waals surface area contributed by atoms with Crippen LogP contribution in [-0.4, -0.2) is 19.1 Å². The zero-order valence-electron chi connectivity index (χ0n) is 13.8. The van der Waals surface area contributed by atoms with E-state index in [1.54, 1.807) is 0 Å². The minimum Gasteiger partial charge on any atom is -0.465 e. The highest BCUT2D eigenvalue weighted by Crippen LogP contribution is 2.46. The van der Waals surface area contributed by atoms with Gasteiger partial charge in [-0.1, -0.05) is 27.7 Å². The maximum absolute atomic E-state index is 11.4. The van der Waals surface area contributed by atoms with Crippen LogP contribution in [0.1, 0.15) is 57.3 Å².